The van der Waals surface area contributed by atoms with Gasteiger partial charge >= 0.3 is 0 Å². The molecule has 3 N–H and O–H groups in total. The van der Waals surface area contributed by atoms with Gasteiger partial charge in [0.05, 0.1) is 5.54 Å². The van der Waals surface area contributed by atoms with Gasteiger partial charge in [0.15, 0.2) is 0 Å². The smallest absolute Gasteiger partial charge is 0.237 e. The van der Waals surface area contributed by atoms with Crippen molar-refractivity contribution in [3.8, 4) is 0 Å². The van der Waals surface area contributed by atoms with E-state index in [4.69, 9.17) is 5.73 Å². The molecule has 0 aromatic heterocycles. The number of amides is 1. The second kappa shape index (κ2) is 7.14. The summed E-state index contributed by atoms with van der Waals surface area (Å²) in [7, 11) is 0. The first-order chi connectivity index (χ1) is 9.28. The molecule has 4 heteroatoms. The molecule has 3 nitrogen and oxygen atoms in total. The van der Waals surface area contributed by atoms with Crippen molar-refractivity contribution >= 4 is 17.7 Å². The van der Waals surface area contributed by atoms with Crippen LogP contribution < -0.4 is 11.1 Å². The maximum Gasteiger partial charge on any atom is 0.237 e. The van der Waals surface area contributed by atoms with E-state index in [-0.39, 0.29) is 5.91 Å². The summed E-state index contributed by atoms with van der Waals surface area (Å²) in [6, 6.07) is 6.47. The van der Waals surface area contributed by atoms with E-state index < -0.39 is 5.54 Å². The van der Waals surface area contributed by atoms with E-state index in [1.165, 1.54) is 16.0 Å². The second-order valence-electron chi connectivity index (χ2n) is 5.63. The maximum absolute atomic E-state index is 11.7. The van der Waals surface area contributed by atoms with E-state index >= 15 is 0 Å². The Kier molecular flexibility index (Phi) is 6.08. The minimum Gasteiger partial charge on any atom is -0.368 e. The average Bonchev–Trinajstić information content (AvgIpc) is 2.32. The lowest BCUT2D eigenvalue weighted by Crippen LogP contribution is -2.54. The molecule has 20 heavy (non-hydrogen) atoms. The normalized spacial score (nSPS) is 15.7. The molecule has 1 aromatic carbocycles. The highest BCUT2D eigenvalue weighted by atomic mass is 32.2. The number of nitrogens with one attached hydrogen (secondary N) is 1. The van der Waals surface area contributed by atoms with Gasteiger partial charge in [-0.1, -0.05) is 31.5 Å². The van der Waals surface area contributed by atoms with E-state index in [0.717, 1.165) is 6.54 Å². The summed E-state index contributed by atoms with van der Waals surface area (Å²) in [6.07, 6.45) is 0.716. The lowest BCUT2D eigenvalue weighted by Gasteiger charge is -2.30. The van der Waals surface area contributed by atoms with Gasteiger partial charge in [0, 0.05) is 10.1 Å². The molecule has 0 bridgehead atoms. The third-order valence-corrected chi connectivity index (χ3v) is 4.75. The standard InChI is InChI=1S/C16H26N2OS/c1-6-18-16(5,15(17)19)10-13(4)20-14-8-7-11(2)9-12(14)3/h7-9,13,18H,6,10H2,1-5H3,(H2,17,19). The molecule has 0 radical (unpaired) electrons. The van der Waals surface area contributed by atoms with E-state index in [1.807, 2.05) is 13.8 Å². The van der Waals surface area contributed by atoms with Crippen LogP contribution in [0.3, 0.4) is 0 Å². The van der Waals surface area contributed by atoms with Gasteiger partial charge in [-0.25, -0.2) is 0 Å². The predicted octanol–water partition coefficient (Wildman–Crippen LogP) is 3.03. The molecule has 0 spiro atoms. The van der Waals surface area contributed by atoms with Crippen molar-refractivity contribution in [2.45, 2.75) is 56.7 Å². The summed E-state index contributed by atoms with van der Waals surface area (Å²) in [5, 5.41) is 3.52. The Labute approximate surface area is 126 Å². The first-order valence-corrected chi connectivity index (χ1v) is 7.95. The monoisotopic (exact) mass is 294 g/mol. The lowest BCUT2D eigenvalue weighted by molar-refractivity contribution is -0.124. The largest absolute Gasteiger partial charge is 0.368 e. The Bertz CT molecular complexity index is 476. The molecular formula is C16H26N2OS. The first-order valence-electron chi connectivity index (χ1n) is 7.07. The van der Waals surface area contributed by atoms with E-state index in [0.29, 0.717) is 11.7 Å². The third-order valence-electron chi connectivity index (χ3n) is 3.47. The summed E-state index contributed by atoms with van der Waals surface area (Å²) in [4.78, 5) is 12.9. The summed E-state index contributed by atoms with van der Waals surface area (Å²) < 4.78 is 0. The quantitative estimate of drug-likeness (QED) is 0.760. The van der Waals surface area contributed by atoms with Crippen LogP contribution in [0.2, 0.25) is 0 Å². The van der Waals surface area contributed by atoms with Crippen molar-refractivity contribution in [3.63, 3.8) is 0 Å². The van der Waals surface area contributed by atoms with Crippen LogP contribution in [0.15, 0.2) is 23.1 Å². The van der Waals surface area contributed by atoms with Gasteiger partial charge in [-0.15, -0.1) is 11.8 Å². The summed E-state index contributed by atoms with van der Waals surface area (Å²) in [5.41, 5.74) is 7.45. The number of carbonyl (C=O) groups excluding carboxylic acids is 1. The zero-order chi connectivity index (χ0) is 15.3. The molecule has 1 amide bonds. The predicted molar refractivity (Wildman–Crippen MR) is 87.1 cm³/mol. The Balaban J connectivity index is 2.75. The molecule has 0 aliphatic carbocycles. The van der Waals surface area contributed by atoms with Crippen LogP contribution in [0, 0.1) is 13.8 Å². The first kappa shape index (κ1) is 17.1. The SMILES string of the molecule is CCNC(C)(CC(C)Sc1ccc(C)cc1C)C(N)=O. The molecule has 0 aliphatic heterocycles. The van der Waals surface area contributed by atoms with Crippen molar-refractivity contribution in [3.05, 3.63) is 29.3 Å². The molecule has 0 aliphatic rings. The van der Waals surface area contributed by atoms with Crippen molar-refractivity contribution < 1.29 is 4.79 Å². The molecule has 0 fully saturated rings. The summed E-state index contributed by atoms with van der Waals surface area (Å²) >= 11 is 1.80. The fourth-order valence-electron chi connectivity index (χ4n) is 2.41. The van der Waals surface area contributed by atoms with Gasteiger partial charge in [0.25, 0.3) is 0 Å². The molecule has 0 saturated heterocycles. The number of hydrogen-bond donors (Lipinski definition) is 2. The number of aryl methyl sites for hydroxylation is 2. The number of rotatable bonds is 7. The molecule has 2 unspecified atom stereocenters. The number of carbonyl (C=O) groups is 1. The highest BCUT2D eigenvalue weighted by Gasteiger charge is 2.32. The van der Waals surface area contributed by atoms with Crippen LogP contribution in [0.25, 0.3) is 0 Å². The maximum atomic E-state index is 11.7. The molecular weight excluding hydrogens is 268 g/mol. The molecule has 112 valence electrons. The van der Waals surface area contributed by atoms with Crippen LogP contribution in [-0.2, 0) is 4.79 Å². The average molecular weight is 294 g/mol. The van der Waals surface area contributed by atoms with Gasteiger partial charge in [-0.05, 0) is 45.4 Å². The lowest BCUT2D eigenvalue weighted by atomic mass is 9.95. The zero-order valence-corrected chi connectivity index (χ0v) is 13.9. The molecule has 0 heterocycles. The Hall–Kier alpha value is -1.00. The highest BCUT2D eigenvalue weighted by molar-refractivity contribution is 8.00. The van der Waals surface area contributed by atoms with Gasteiger partial charge in [-0.3, -0.25) is 4.79 Å². The molecule has 1 aromatic rings. The molecule has 2 atom stereocenters. The van der Waals surface area contributed by atoms with E-state index in [2.05, 4.69) is 44.3 Å². The van der Waals surface area contributed by atoms with Crippen molar-refractivity contribution in [1.29, 1.82) is 0 Å². The van der Waals surface area contributed by atoms with Gasteiger partial charge in [-0.2, -0.15) is 0 Å². The van der Waals surface area contributed by atoms with Crippen LogP contribution in [0.4, 0.5) is 0 Å². The second-order valence-corrected chi connectivity index (χ2v) is 7.11. The summed E-state index contributed by atoms with van der Waals surface area (Å²) in [6.45, 7) is 11.0. The Morgan fingerprint density at radius 2 is 2.10 bits per heavy atom. The molecule has 1 rings (SSSR count). The van der Waals surface area contributed by atoms with Crippen LogP contribution in [-0.4, -0.2) is 23.2 Å². The summed E-state index contributed by atoms with van der Waals surface area (Å²) in [5.74, 6) is -0.285. The van der Waals surface area contributed by atoms with E-state index in [9.17, 15) is 4.79 Å². The van der Waals surface area contributed by atoms with E-state index in [1.54, 1.807) is 11.8 Å². The minimum atomic E-state index is -0.639. The highest BCUT2D eigenvalue weighted by Crippen LogP contribution is 2.31. The number of benzene rings is 1. The van der Waals surface area contributed by atoms with Gasteiger partial charge in [0.1, 0.15) is 0 Å². The number of primary amides is 1. The van der Waals surface area contributed by atoms with Crippen molar-refractivity contribution in [1.82, 2.24) is 5.32 Å². The fraction of sp³-hybridized carbons (Fsp3) is 0.562. The zero-order valence-electron chi connectivity index (χ0n) is 13.1. The van der Waals surface area contributed by atoms with Crippen LogP contribution in [0.1, 0.15) is 38.3 Å². The number of hydrogen-bond acceptors (Lipinski definition) is 3. The number of nitrogens with two attached hydrogens (primary N) is 1. The van der Waals surface area contributed by atoms with Crippen LogP contribution >= 0.6 is 11.8 Å². The number of likely N-dealkylation sites (N-methyl/N-ethyl adjacent to an activating group) is 1. The fourth-order valence-corrected chi connectivity index (χ4v) is 3.66. The minimum absolute atomic E-state index is 0.285. The third kappa shape index (κ3) is 4.53. The van der Waals surface area contributed by atoms with Crippen molar-refractivity contribution in [2.75, 3.05) is 6.54 Å². The Morgan fingerprint density at radius 3 is 2.60 bits per heavy atom. The van der Waals surface area contributed by atoms with Gasteiger partial charge < -0.3 is 11.1 Å². The Morgan fingerprint density at radius 1 is 1.45 bits per heavy atom. The topological polar surface area (TPSA) is 55.1 Å². The van der Waals surface area contributed by atoms with Crippen molar-refractivity contribution in [2.24, 2.45) is 5.73 Å². The van der Waals surface area contributed by atoms with Gasteiger partial charge in [0.2, 0.25) is 5.91 Å². The number of thioether (sulfide) groups is 1. The van der Waals surface area contributed by atoms with Crippen LogP contribution in [0.5, 0.6) is 0 Å². The molecule has 0 saturated carbocycles.